The number of hydrogen-bond acceptors (Lipinski definition) is 4. The van der Waals surface area contributed by atoms with Gasteiger partial charge in [-0.3, -0.25) is 0 Å². The van der Waals surface area contributed by atoms with E-state index in [-0.39, 0.29) is 5.41 Å². The van der Waals surface area contributed by atoms with Crippen molar-refractivity contribution in [1.29, 1.82) is 5.26 Å². The molecule has 0 radical (unpaired) electrons. The monoisotopic (exact) mass is 602 g/mol. The summed E-state index contributed by atoms with van der Waals surface area (Å²) in [5.41, 5.74) is 12.5. The molecule has 0 amide bonds. The van der Waals surface area contributed by atoms with E-state index in [0.29, 0.717) is 17.5 Å². The molecule has 8 rings (SSSR count). The third-order valence-corrected chi connectivity index (χ3v) is 9.17. The zero-order valence-corrected chi connectivity index (χ0v) is 26.1. The van der Waals surface area contributed by atoms with Gasteiger partial charge in [0.05, 0.1) is 11.6 Å². The Bertz CT molecular complexity index is 2280. The second-order valence-electron chi connectivity index (χ2n) is 12.4. The van der Waals surface area contributed by atoms with Crippen LogP contribution in [-0.4, -0.2) is 15.0 Å². The van der Waals surface area contributed by atoms with Crippen LogP contribution in [0.5, 0.6) is 0 Å². The Balaban J connectivity index is 1.18. The van der Waals surface area contributed by atoms with Gasteiger partial charge < -0.3 is 0 Å². The van der Waals surface area contributed by atoms with Crippen LogP contribution in [0.15, 0.2) is 146 Å². The molecular formula is C43H30N4. The highest BCUT2D eigenvalue weighted by molar-refractivity contribution is 5.87. The summed E-state index contributed by atoms with van der Waals surface area (Å²) in [7, 11) is 0. The maximum Gasteiger partial charge on any atom is 0.164 e. The number of hydrogen-bond donors (Lipinski definition) is 0. The third-order valence-electron chi connectivity index (χ3n) is 9.17. The molecule has 0 saturated heterocycles. The van der Waals surface area contributed by atoms with Gasteiger partial charge >= 0.3 is 0 Å². The molecule has 4 nitrogen and oxygen atoms in total. The van der Waals surface area contributed by atoms with Crippen LogP contribution in [0.25, 0.3) is 67.5 Å². The Morgan fingerprint density at radius 3 is 1.49 bits per heavy atom. The average molecular weight is 603 g/mol. The number of nitriles is 1. The zero-order valence-electron chi connectivity index (χ0n) is 26.1. The smallest absolute Gasteiger partial charge is 0.164 e. The van der Waals surface area contributed by atoms with Gasteiger partial charge in [-0.1, -0.05) is 135 Å². The predicted molar refractivity (Wildman–Crippen MR) is 189 cm³/mol. The topological polar surface area (TPSA) is 62.5 Å². The molecule has 0 saturated carbocycles. The Kier molecular flexibility index (Phi) is 6.82. The number of aromatic nitrogens is 3. The average Bonchev–Trinajstić information content (AvgIpc) is 3.38. The van der Waals surface area contributed by atoms with Crippen LogP contribution in [0.3, 0.4) is 0 Å². The van der Waals surface area contributed by atoms with Gasteiger partial charge in [-0.05, 0) is 63.2 Å². The van der Waals surface area contributed by atoms with Crippen molar-refractivity contribution in [1.82, 2.24) is 15.0 Å². The SMILES string of the molecule is CC1(C)c2cc(-c3cccc(-c4cccc(-c5nc(-c6ccccc6)nc(-c6ccccc6)n5)c4)c3)ccc2-c2c(C#N)cccc21. The van der Waals surface area contributed by atoms with Gasteiger partial charge in [-0.15, -0.1) is 0 Å². The van der Waals surface area contributed by atoms with Crippen molar-refractivity contribution in [2.75, 3.05) is 0 Å². The molecule has 0 bridgehead atoms. The summed E-state index contributed by atoms with van der Waals surface area (Å²) in [5, 5.41) is 9.83. The summed E-state index contributed by atoms with van der Waals surface area (Å²) in [5.74, 6) is 1.92. The minimum absolute atomic E-state index is 0.193. The fraction of sp³-hybridized carbons (Fsp3) is 0.0698. The first-order valence-electron chi connectivity index (χ1n) is 15.8. The summed E-state index contributed by atoms with van der Waals surface area (Å²) in [4.78, 5) is 14.7. The van der Waals surface area contributed by atoms with Gasteiger partial charge in [0.15, 0.2) is 17.5 Å². The first-order valence-corrected chi connectivity index (χ1v) is 15.8. The molecule has 0 N–H and O–H groups in total. The second-order valence-corrected chi connectivity index (χ2v) is 12.4. The van der Waals surface area contributed by atoms with Gasteiger partial charge in [-0.2, -0.15) is 5.26 Å². The first kappa shape index (κ1) is 28.3. The molecule has 1 heterocycles. The maximum absolute atomic E-state index is 9.83. The molecule has 1 aliphatic rings. The lowest BCUT2D eigenvalue weighted by atomic mass is 9.81. The van der Waals surface area contributed by atoms with Crippen LogP contribution < -0.4 is 0 Å². The van der Waals surface area contributed by atoms with E-state index < -0.39 is 0 Å². The molecule has 4 heteroatoms. The van der Waals surface area contributed by atoms with E-state index in [1.165, 1.54) is 11.1 Å². The fourth-order valence-electron chi connectivity index (χ4n) is 6.71. The molecule has 0 spiro atoms. The molecule has 0 atom stereocenters. The molecule has 1 aromatic heterocycles. The summed E-state index contributed by atoms with van der Waals surface area (Å²) < 4.78 is 0. The lowest BCUT2D eigenvalue weighted by Gasteiger charge is -2.22. The highest BCUT2D eigenvalue weighted by Gasteiger charge is 2.37. The van der Waals surface area contributed by atoms with Gasteiger partial charge in [-0.25, -0.2) is 15.0 Å². The lowest BCUT2D eigenvalue weighted by Crippen LogP contribution is -2.15. The van der Waals surface area contributed by atoms with Crippen molar-refractivity contribution in [2.45, 2.75) is 19.3 Å². The third kappa shape index (κ3) is 4.99. The fourth-order valence-corrected chi connectivity index (χ4v) is 6.71. The lowest BCUT2D eigenvalue weighted by molar-refractivity contribution is 0.660. The minimum Gasteiger partial charge on any atom is -0.208 e. The van der Waals surface area contributed by atoms with E-state index in [1.54, 1.807) is 0 Å². The number of fused-ring (bicyclic) bond motifs is 3. The molecule has 6 aromatic carbocycles. The summed E-state index contributed by atoms with van der Waals surface area (Å²) >= 11 is 0. The Morgan fingerprint density at radius 2 is 0.915 bits per heavy atom. The molecule has 47 heavy (non-hydrogen) atoms. The number of nitrogens with zero attached hydrogens (tertiary/aromatic N) is 4. The summed E-state index contributed by atoms with van der Waals surface area (Å²) in [6, 6.07) is 52.3. The molecule has 0 unspecified atom stereocenters. The van der Waals surface area contributed by atoms with Crippen LogP contribution in [0.2, 0.25) is 0 Å². The van der Waals surface area contributed by atoms with E-state index in [2.05, 4.69) is 92.7 Å². The van der Waals surface area contributed by atoms with Crippen molar-refractivity contribution in [3.05, 3.63) is 162 Å². The molecule has 0 aliphatic heterocycles. The highest BCUT2D eigenvalue weighted by Crippen LogP contribution is 2.50. The van der Waals surface area contributed by atoms with E-state index in [9.17, 15) is 5.26 Å². The van der Waals surface area contributed by atoms with Crippen LogP contribution in [-0.2, 0) is 5.41 Å². The molecule has 0 fully saturated rings. The van der Waals surface area contributed by atoms with Crippen molar-refractivity contribution in [3.8, 4) is 73.6 Å². The molecule has 7 aromatic rings. The van der Waals surface area contributed by atoms with Crippen molar-refractivity contribution in [3.63, 3.8) is 0 Å². The van der Waals surface area contributed by atoms with Crippen LogP contribution in [0, 0.1) is 11.3 Å². The quantitative estimate of drug-likeness (QED) is 0.197. The van der Waals surface area contributed by atoms with Gasteiger partial charge in [0.1, 0.15) is 0 Å². The molecule has 222 valence electrons. The zero-order chi connectivity index (χ0) is 32.0. The largest absolute Gasteiger partial charge is 0.208 e. The first-order chi connectivity index (χ1) is 23.0. The van der Waals surface area contributed by atoms with Crippen molar-refractivity contribution >= 4 is 0 Å². The van der Waals surface area contributed by atoms with E-state index in [0.717, 1.165) is 55.6 Å². The van der Waals surface area contributed by atoms with Gasteiger partial charge in [0, 0.05) is 27.7 Å². The van der Waals surface area contributed by atoms with Crippen LogP contribution >= 0.6 is 0 Å². The van der Waals surface area contributed by atoms with Crippen LogP contribution in [0.4, 0.5) is 0 Å². The second kappa shape index (κ2) is 11.3. The van der Waals surface area contributed by atoms with Crippen molar-refractivity contribution < 1.29 is 0 Å². The maximum atomic E-state index is 9.83. The van der Waals surface area contributed by atoms with Gasteiger partial charge in [0.2, 0.25) is 0 Å². The molecular weight excluding hydrogens is 573 g/mol. The Labute approximate surface area is 274 Å². The number of benzene rings is 6. The number of rotatable bonds is 5. The standard InChI is InChI=1S/C43H30N4/c1-43(2)37-21-11-20-35(27-44)39(37)36-23-22-33(26-38(36)43)31-17-9-16-30(24-31)32-18-10-19-34(25-32)42-46-40(28-12-5-3-6-13-28)45-41(47-42)29-14-7-4-8-15-29/h3-26H,1-2H3. The van der Waals surface area contributed by atoms with E-state index in [1.807, 2.05) is 72.8 Å². The van der Waals surface area contributed by atoms with E-state index in [4.69, 9.17) is 15.0 Å². The highest BCUT2D eigenvalue weighted by atomic mass is 15.0. The van der Waals surface area contributed by atoms with Crippen molar-refractivity contribution in [2.24, 2.45) is 0 Å². The minimum atomic E-state index is -0.193. The van der Waals surface area contributed by atoms with E-state index >= 15 is 0 Å². The molecule has 1 aliphatic carbocycles. The Morgan fingerprint density at radius 1 is 0.447 bits per heavy atom. The van der Waals surface area contributed by atoms with Crippen LogP contribution in [0.1, 0.15) is 30.5 Å². The van der Waals surface area contributed by atoms with Gasteiger partial charge in [0.25, 0.3) is 0 Å². The summed E-state index contributed by atoms with van der Waals surface area (Å²) in [6.07, 6.45) is 0. The summed E-state index contributed by atoms with van der Waals surface area (Å²) in [6.45, 7) is 4.50. The normalized spacial score (nSPS) is 12.6. The Hall–Kier alpha value is -6.18. The predicted octanol–water partition coefficient (Wildman–Crippen LogP) is 10.4.